The lowest BCUT2D eigenvalue weighted by atomic mass is 9.70. The molecular formula is C47H43N2+. The number of para-hydroxylation sites is 1. The van der Waals surface area contributed by atoms with E-state index in [0.29, 0.717) is 0 Å². The minimum absolute atomic E-state index is 0.194. The third-order valence-corrected chi connectivity index (χ3v) is 11.0. The molecule has 0 aromatic heterocycles. The van der Waals surface area contributed by atoms with Crippen LogP contribution in [-0.4, -0.2) is 24.4 Å². The van der Waals surface area contributed by atoms with Crippen LogP contribution in [0.25, 0.3) is 10.8 Å². The van der Waals surface area contributed by atoms with Crippen molar-refractivity contribution in [2.75, 3.05) is 19.0 Å². The zero-order valence-electron chi connectivity index (χ0n) is 28.7. The summed E-state index contributed by atoms with van der Waals surface area (Å²) >= 11 is 0. The van der Waals surface area contributed by atoms with Crippen LogP contribution in [0.15, 0.2) is 176 Å². The van der Waals surface area contributed by atoms with Gasteiger partial charge in [0.1, 0.15) is 7.05 Å². The van der Waals surface area contributed by atoms with Gasteiger partial charge in [0.15, 0.2) is 5.71 Å². The van der Waals surface area contributed by atoms with Gasteiger partial charge in [-0.05, 0) is 72.0 Å². The fraction of sp³-hybridized carbons (Fsp3) is 0.170. The van der Waals surface area contributed by atoms with E-state index in [1.165, 1.54) is 61.4 Å². The molecule has 2 aliphatic heterocycles. The van der Waals surface area contributed by atoms with E-state index in [4.69, 9.17) is 0 Å². The highest BCUT2D eigenvalue weighted by molar-refractivity contribution is 6.07. The van der Waals surface area contributed by atoms with Gasteiger partial charge in [-0.3, -0.25) is 0 Å². The summed E-state index contributed by atoms with van der Waals surface area (Å²) in [5, 5.41) is 2.58. The van der Waals surface area contributed by atoms with Crippen LogP contribution in [0.5, 0.6) is 0 Å². The zero-order chi connectivity index (χ0) is 33.4. The minimum atomic E-state index is -0.225. The molecule has 1 atom stereocenters. The predicted molar refractivity (Wildman–Crippen MR) is 206 cm³/mol. The van der Waals surface area contributed by atoms with Gasteiger partial charge in [0.25, 0.3) is 0 Å². The molecule has 6 aromatic carbocycles. The molecule has 0 N–H and O–H groups in total. The summed E-state index contributed by atoms with van der Waals surface area (Å²) in [5.74, 6) is 0. The molecule has 0 aliphatic carbocycles. The van der Waals surface area contributed by atoms with Crippen LogP contribution < -0.4 is 4.90 Å². The number of likely N-dealkylation sites (N-methyl/N-ethyl adjacent to an activating group) is 1. The van der Waals surface area contributed by atoms with Crippen LogP contribution in [0.3, 0.4) is 0 Å². The lowest BCUT2D eigenvalue weighted by molar-refractivity contribution is -0.399. The largest absolute Gasteiger partial charge is 0.347 e. The standard InChI is InChI=1S/C47H43N2/c1-46(32-35-18-7-4-8-19-35)41-31-30-38-24-13-14-25-39(38)45(41)49(3)43(46)28-17-29-44-47(33-36-20-9-5-10-21-36,34-37-22-11-6-12-23-37)40-26-15-16-27-42(40)48(44)2/h4-31H,32-34H2,1-3H3/q+1. The first-order valence-electron chi connectivity index (χ1n) is 17.5. The van der Waals surface area contributed by atoms with E-state index < -0.39 is 0 Å². The molecule has 49 heavy (non-hydrogen) atoms. The van der Waals surface area contributed by atoms with Crippen LogP contribution in [0.2, 0.25) is 0 Å². The van der Waals surface area contributed by atoms with E-state index in [0.717, 1.165) is 19.3 Å². The summed E-state index contributed by atoms with van der Waals surface area (Å²) < 4.78 is 2.45. The number of hydrogen-bond acceptors (Lipinski definition) is 1. The molecule has 8 rings (SSSR count). The molecule has 0 radical (unpaired) electrons. The third-order valence-electron chi connectivity index (χ3n) is 11.0. The predicted octanol–water partition coefficient (Wildman–Crippen LogP) is 10.4. The van der Waals surface area contributed by atoms with Crippen molar-refractivity contribution in [3.8, 4) is 0 Å². The van der Waals surface area contributed by atoms with E-state index in [-0.39, 0.29) is 10.8 Å². The molecule has 2 heteroatoms. The first-order valence-corrected chi connectivity index (χ1v) is 17.5. The molecule has 2 heterocycles. The number of hydrogen-bond donors (Lipinski definition) is 0. The number of nitrogens with zero attached hydrogens (tertiary/aromatic N) is 2. The third kappa shape index (κ3) is 5.33. The minimum Gasteiger partial charge on any atom is -0.347 e. The van der Waals surface area contributed by atoms with Crippen molar-refractivity contribution in [1.29, 1.82) is 0 Å². The van der Waals surface area contributed by atoms with Crippen LogP contribution in [0, 0.1) is 0 Å². The fourth-order valence-electron chi connectivity index (χ4n) is 8.76. The van der Waals surface area contributed by atoms with Gasteiger partial charge in [-0.2, -0.15) is 4.58 Å². The Morgan fingerprint density at radius 1 is 0.592 bits per heavy atom. The van der Waals surface area contributed by atoms with Gasteiger partial charge < -0.3 is 4.90 Å². The van der Waals surface area contributed by atoms with E-state index >= 15 is 0 Å². The van der Waals surface area contributed by atoms with Crippen molar-refractivity contribution in [3.05, 3.63) is 203 Å². The van der Waals surface area contributed by atoms with Crippen molar-refractivity contribution in [2.24, 2.45) is 0 Å². The second-order valence-corrected chi connectivity index (χ2v) is 14.0. The van der Waals surface area contributed by atoms with Gasteiger partial charge >= 0.3 is 0 Å². The molecule has 0 saturated carbocycles. The summed E-state index contributed by atoms with van der Waals surface area (Å²) in [5.41, 5.74) is 11.6. The Morgan fingerprint density at radius 3 is 1.80 bits per heavy atom. The summed E-state index contributed by atoms with van der Waals surface area (Å²) in [6.07, 6.45) is 9.88. The number of rotatable bonds is 8. The molecule has 2 aliphatic rings. The normalized spacial score (nSPS) is 18.8. The quantitative estimate of drug-likeness (QED) is 0.151. The van der Waals surface area contributed by atoms with E-state index in [9.17, 15) is 0 Å². The Bertz CT molecular complexity index is 2190. The lowest BCUT2D eigenvalue weighted by Crippen LogP contribution is -2.34. The van der Waals surface area contributed by atoms with Crippen molar-refractivity contribution in [1.82, 2.24) is 0 Å². The first-order chi connectivity index (χ1) is 24.0. The van der Waals surface area contributed by atoms with Gasteiger partial charge in [0.05, 0.1) is 10.8 Å². The fourth-order valence-corrected chi connectivity index (χ4v) is 8.76. The maximum atomic E-state index is 2.45. The topological polar surface area (TPSA) is 6.25 Å². The number of fused-ring (bicyclic) bond motifs is 4. The maximum absolute atomic E-state index is 2.45. The number of benzene rings is 6. The summed E-state index contributed by atoms with van der Waals surface area (Å²) in [4.78, 5) is 2.43. The van der Waals surface area contributed by atoms with Crippen molar-refractivity contribution in [2.45, 2.75) is 37.0 Å². The maximum Gasteiger partial charge on any atom is 0.217 e. The number of allylic oxidation sites excluding steroid dienone is 4. The van der Waals surface area contributed by atoms with Crippen LogP contribution in [0.4, 0.5) is 11.4 Å². The van der Waals surface area contributed by atoms with Crippen molar-refractivity contribution < 1.29 is 4.58 Å². The number of anilines is 1. The second-order valence-electron chi connectivity index (χ2n) is 14.0. The second kappa shape index (κ2) is 12.5. The van der Waals surface area contributed by atoms with Gasteiger partial charge in [-0.15, -0.1) is 0 Å². The Labute approximate surface area is 291 Å². The molecule has 0 saturated heterocycles. The van der Waals surface area contributed by atoms with Gasteiger partial charge in [0.2, 0.25) is 5.69 Å². The molecule has 0 spiro atoms. The Kier molecular flexibility index (Phi) is 7.88. The average Bonchev–Trinajstić information content (AvgIpc) is 3.49. The highest BCUT2D eigenvalue weighted by Crippen LogP contribution is 2.51. The van der Waals surface area contributed by atoms with Crippen LogP contribution in [-0.2, 0) is 30.1 Å². The highest BCUT2D eigenvalue weighted by Gasteiger charge is 2.48. The zero-order valence-corrected chi connectivity index (χ0v) is 28.7. The monoisotopic (exact) mass is 635 g/mol. The van der Waals surface area contributed by atoms with Crippen LogP contribution in [0.1, 0.15) is 34.7 Å². The molecular weight excluding hydrogens is 593 g/mol. The molecule has 2 nitrogen and oxygen atoms in total. The van der Waals surface area contributed by atoms with E-state index in [1.807, 2.05) is 0 Å². The lowest BCUT2D eigenvalue weighted by Gasteiger charge is -2.33. The van der Waals surface area contributed by atoms with Crippen molar-refractivity contribution >= 4 is 27.9 Å². The smallest absolute Gasteiger partial charge is 0.217 e. The molecule has 6 aromatic rings. The summed E-state index contributed by atoms with van der Waals surface area (Å²) in [6.45, 7) is 2.43. The first kappa shape index (κ1) is 30.8. The van der Waals surface area contributed by atoms with Gasteiger partial charge in [-0.25, -0.2) is 0 Å². The Hall–Kier alpha value is -5.47. The molecule has 0 amide bonds. The Balaban J connectivity index is 1.28. The van der Waals surface area contributed by atoms with Crippen LogP contribution >= 0.6 is 0 Å². The molecule has 240 valence electrons. The highest BCUT2D eigenvalue weighted by atomic mass is 15.2. The summed E-state index contributed by atoms with van der Waals surface area (Å²) in [6, 6.07) is 55.4. The van der Waals surface area contributed by atoms with E-state index in [2.05, 4.69) is 200 Å². The Morgan fingerprint density at radius 2 is 1.14 bits per heavy atom. The van der Waals surface area contributed by atoms with Crippen molar-refractivity contribution in [3.63, 3.8) is 0 Å². The van der Waals surface area contributed by atoms with Gasteiger partial charge in [-0.1, -0.05) is 146 Å². The van der Waals surface area contributed by atoms with E-state index in [1.54, 1.807) is 0 Å². The molecule has 0 bridgehead atoms. The molecule has 0 fully saturated rings. The van der Waals surface area contributed by atoms with Gasteiger partial charge in [0, 0.05) is 35.5 Å². The molecule has 1 unspecified atom stereocenters. The average molecular weight is 636 g/mol. The summed E-state index contributed by atoms with van der Waals surface area (Å²) in [7, 11) is 4.49. The SMILES string of the molecule is CN1/C(=C/C=C/C2=[N+](C)c3c(ccc4ccccc34)C2(C)Cc2ccccc2)C(Cc2ccccc2)(Cc2ccccc2)c2ccccc21.